The Balaban J connectivity index is 1.21. The Morgan fingerprint density at radius 1 is 0.368 bits per heavy atom. The fourth-order valence-electron chi connectivity index (χ4n) is 12.0. The molecular formula is C63H39N5. The van der Waals surface area contributed by atoms with Crippen molar-refractivity contribution in [2.45, 2.75) is 18.8 Å². The van der Waals surface area contributed by atoms with Crippen molar-refractivity contribution in [3.8, 4) is 40.3 Å². The molecule has 3 aromatic heterocycles. The van der Waals surface area contributed by atoms with Gasteiger partial charge in [0.05, 0.1) is 55.7 Å². The minimum Gasteiger partial charge on any atom is -0.307 e. The lowest BCUT2D eigenvalue weighted by molar-refractivity contribution is 0.672. The number of rotatable bonds is 5. The first kappa shape index (κ1) is 38.1. The maximum atomic E-state index is 12.2. The van der Waals surface area contributed by atoms with Crippen molar-refractivity contribution in [2.75, 3.05) is 0 Å². The Labute approximate surface area is 391 Å². The van der Waals surface area contributed by atoms with Gasteiger partial charge in [0.15, 0.2) is 0 Å². The molecule has 0 saturated carbocycles. The van der Waals surface area contributed by atoms with E-state index in [0.717, 1.165) is 88.8 Å². The van der Waals surface area contributed by atoms with Crippen molar-refractivity contribution in [1.29, 1.82) is 10.5 Å². The molecule has 14 rings (SSSR count). The highest BCUT2D eigenvalue weighted by molar-refractivity contribution is 6.14. The zero-order chi connectivity index (χ0) is 45.0. The van der Waals surface area contributed by atoms with Gasteiger partial charge >= 0.3 is 0 Å². The quantitative estimate of drug-likeness (QED) is 0.173. The lowest BCUT2D eigenvalue weighted by Gasteiger charge is -2.32. The van der Waals surface area contributed by atoms with Gasteiger partial charge in [-0.15, -0.1) is 0 Å². The SMILES string of the molecule is N#Cc1c(CC2Cc3c(ccc4ccccc34)-c3ccccc32)c(-n2c3ccccc3c3ccccc32)c(-n2c3ccccc3c3ccccc32)c(C#N)c1-n1c2ccccc2c2ccccc21. The second kappa shape index (κ2) is 14.7. The number of nitriles is 2. The van der Waals surface area contributed by atoms with Gasteiger partial charge in [-0.2, -0.15) is 10.5 Å². The van der Waals surface area contributed by atoms with Crippen molar-refractivity contribution < 1.29 is 0 Å². The highest BCUT2D eigenvalue weighted by atomic mass is 15.1. The van der Waals surface area contributed by atoms with Gasteiger partial charge in [0.2, 0.25) is 0 Å². The molecule has 5 heteroatoms. The van der Waals surface area contributed by atoms with E-state index in [4.69, 9.17) is 0 Å². The van der Waals surface area contributed by atoms with E-state index >= 15 is 0 Å². The highest BCUT2D eigenvalue weighted by Gasteiger charge is 2.35. The van der Waals surface area contributed by atoms with Crippen LogP contribution in [0, 0.1) is 22.7 Å². The summed E-state index contributed by atoms with van der Waals surface area (Å²) >= 11 is 0. The van der Waals surface area contributed by atoms with E-state index in [1.807, 2.05) is 0 Å². The van der Waals surface area contributed by atoms with Crippen molar-refractivity contribution in [2.24, 2.45) is 0 Å². The molecule has 1 unspecified atom stereocenters. The summed E-state index contributed by atoms with van der Waals surface area (Å²) in [5.41, 5.74) is 14.9. The number of hydrogen-bond acceptors (Lipinski definition) is 2. The van der Waals surface area contributed by atoms with Crippen LogP contribution >= 0.6 is 0 Å². The average molecular weight is 866 g/mol. The fourth-order valence-corrected chi connectivity index (χ4v) is 12.0. The minimum absolute atomic E-state index is 0.0200. The number of nitrogens with zero attached hydrogens (tertiary/aromatic N) is 5. The van der Waals surface area contributed by atoms with E-state index in [9.17, 15) is 10.5 Å². The number of fused-ring (bicyclic) bond motifs is 14. The summed E-state index contributed by atoms with van der Waals surface area (Å²) in [4.78, 5) is 0. The fraction of sp³-hybridized carbons (Fsp3) is 0.0476. The molecule has 5 nitrogen and oxygen atoms in total. The van der Waals surface area contributed by atoms with Gasteiger partial charge in [-0.25, -0.2) is 0 Å². The monoisotopic (exact) mass is 865 g/mol. The van der Waals surface area contributed by atoms with Crippen LogP contribution in [0.4, 0.5) is 0 Å². The van der Waals surface area contributed by atoms with E-state index in [1.54, 1.807) is 0 Å². The first-order valence-corrected chi connectivity index (χ1v) is 23.3. The van der Waals surface area contributed by atoms with Gasteiger partial charge in [0, 0.05) is 32.3 Å². The molecule has 1 atom stereocenters. The molecule has 3 heterocycles. The first-order valence-electron chi connectivity index (χ1n) is 23.3. The molecule has 316 valence electrons. The zero-order valence-corrected chi connectivity index (χ0v) is 36.9. The van der Waals surface area contributed by atoms with E-state index in [-0.39, 0.29) is 5.92 Å². The molecule has 1 aliphatic carbocycles. The first-order chi connectivity index (χ1) is 33.7. The summed E-state index contributed by atoms with van der Waals surface area (Å²) in [5.74, 6) is -0.0200. The third-order valence-corrected chi connectivity index (χ3v) is 14.8. The van der Waals surface area contributed by atoms with Gasteiger partial charge in [-0.05, 0) is 93.7 Å². The molecule has 13 aromatic rings. The van der Waals surface area contributed by atoms with Crippen molar-refractivity contribution in [3.63, 3.8) is 0 Å². The molecule has 0 fully saturated rings. The molecule has 1 aliphatic rings. The predicted molar refractivity (Wildman–Crippen MR) is 278 cm³/mol. The number of hydrogen-bond donors (Lipinski definition) is 0. The average Bonchev–Trinajstić information content (AvgIpc) is 4.04. The van der Waals surface area contributed by atoms with Crippen molar-refractivity contribution >= 4 is 76.2 Å². The number of benzene rings is 10. The van der Waals surface area contributed by atoms with Crippen molar-refractivity contribution in [1.82, 2.24) is 13.7 Å². The second-order valence-electron chi connectivity index (χ2n) is 18.1. The molecule has 0 N–H and O–H groups in total. The Kier molecular flexibility index (Phi) is 8.23. The lowest BCUT2D eigenvalue weighted by atomic mass is 9.74. The topological polar surface area (TPSA) is 62.4 Å². The molecule has 0 bridgehead atoms. The van der Waals surface area contributed by atoms with Crippen LogP contribution in [0.15, 0.2) is 206 Å². The normalized spacial score (nSPS) is 13.4. The van der Waals surface area contributed by atoms with Crippen LogP contribution in [0.25, 0.3) is 104 Å². The van der Waals surface area contributed by atoms with Gasteiger partial charge < -0.3 is 13.7 Å². The van der Waals surface area contributed by atoms with Crippen LogP contribution in [-0.4, -0.2) is 13.7 Å². The van der Waals surface area contributed by atoms with Crippen LogP contribution in [0.5, 0.6) is 0 Å². The molecule has 68 heavy (non-hydrogen) atoms. The lowest BCUT2D eigenvalue weighted by Crippen LogP contribution is -2.20. The van der Waals surface area contributed by atoms with E-state index in [1.165, 1.54) is 33.0 Å². The molecule has 0 radical (unpaired) electrons. The maximum absolute atomic E-state index is 12.2. The zero-order valence-electron chi connectivity index (χ0n) is 36.9. The van der Waals surface area contributed by atoms with Crippen LogP contribution in [0.2, 0.25) is 0 Å². The second-order valence-corrected chi connectivity index (χ2v) is 18.1. The largest absolute Gasteiger partial charge is 0.307 e. The third kappa shape index (κ3) is 5.24. The number of para-hydroxylation sites is 6. The highest BCUT2D eigenvalue weighted by Crippen LogP contribution is 2.49. The summed E-state index contributed by atoms with van der Waals surface area (Å²) in [6, 6.07) is 78.8. The summed E-state index contributed by atoms with van der Waals surface area (Å²) in [5, 5.41) is 33.4. The summed E-state index contributed by atoms with van der Waals surface area (Å²) in [7, 11) is 0. The van der Waals surface area contributed by atoms with Crippen LogP contribution in [0.3, 0.4) is 0 Å². The van der Waals surface area contributed by atoms with Gasteiger partial charge in [-0.3, -0.25) is 0 Å². The predicted octanol–water partition coefficient (Wildman–Crippen LogP) is 15.4. The van der Waals surface area contributed by atoms with Crippen molar-refractivity contribution in [3.05, 3.63) is 234 Å². The third-order valence-electron chi connectivity index (χ3n) is 14.8. The van der Waals surface area contributed by atoms with E-state index in [2.05, 4.69) is 232 Å². The van der Waals surface area contributed by atoms with E-state index < -0.39 is 0 Å². The summed E-state index contributed by atoms with van der Waals surface area (Å²) in [6.45, 7) is 0. The molecule has 0 saturated heterocycles. The number of aromatic nitrogens is 3. The molecular weight excluding hydrogens is 827 g/mol. The van der Waals surface area contributed by atoms with Gasteiger partial charge in [0.1, 0.15) is 17.7 Å². The van der Waals surface area contributed by atoms with Gasteiger partial charge in [-0.1, -0.05) is 170 Å². The maximum Gasteiger partial charge on any atom is 0.104 e. The van der Waals surface area contributed by atoms with Gasteiger partial charge in [0.25, 0.3) is 0 Å². The Morgan fingerprint density at radius 2 is 0.765 bits per heavy atom. The molecule has 0 aliphatic heterocycles. The summed E-state index contributed by atoms with van der Waals surface area (Å²) in [6.07, 6.45) is 1.30. The molecule has 10 aromatic carbocycles. The van der Waals surface area contributed by atoms with Crippen LogP contribution in [0.1, 0.15) is 33.7 Å². The molecule has 0 amide bonds. The van der Waals surface area contributed by atoms with Crippen LogP contribution < -0.4 is 0 Å². The minimum atomic E-state index is -0.0200. The summed E-state index contributed by atoms with van der Waals surface area (Å²) < 4.78 is 6.89. The smallest absolute Gasteiger partial charge is 0.104 e. The Morgan fingerprint density at radius 3 is 1.25 bits per heavy atom. The Bertz CT molecular complexity index is 4210. The standard InChI is InChI=1S/C63H39N5/c64-37-53-52(36-40-35-51-41-18-2-1-17-39(41)33-34-44(51)43-20-4-3-19-42(40)43)62(67-57-29-13-7-23-47(57)48-24-8-14-30-58(48)67)63(68-59-31-15-9-25-49(59)50-26-10-16-32-60(50)68)54(38-65)61(53)66-55-27-11-5-21-45(55)46-22-6-12-28-56(46)66/h1-34,40H,35-36H2. The van der Waals surface area contributed by atoms with E-state index in [0.29, 0.717) is 23.2 Å². The Hall–Kier alpha value is -9.16. The molecule has 0 spiro atoms. The van der Waals surface area contributed by atoms with Crippen LogP contribution in [-0.2, 0) is 12.8 Å².